The number of rotatable bonds is 7. The first kappa shape index (κ1) is 22.0. The van der Waals surface area contributed by atoms with Gasteiger partial charge in [-0.1, -0.05) is 17.7 Å². The molecule has 3 rings (SSSR count). The first-order valence-corrected chi connectivity index (χ1v) is 11.1. The lowest BCUT2D eigenvalue weighted by atomic mass is 10.2. The van der Waals surface area contributed by atoms with Crippen molar-refractivity contribution in [1.82, 2.24) is 4.31 Å². The number of anilines is 2. The van der Waals surface area contributed by atoms with Crippen molar-refractivity contribution in [3.63, 3.8) is 0 Å². The van der Waals surface area contributed by atoms with Gasteiger partial charge in [0.05, 0.1) is 16.4 Å². The summed E-state index contributed by atoms with van der Waals surface area (Å²) in [6, 6.07) is 8.73. The van der Waals surface area contributed by atoms with Crippen LogP contribution in [0.1, 0.15) is 18.4 Å². The summed E-state index contributed by atoms with van der Waals surface area (Å²) in [5.41, 5.74) is 0.881. The number of hydrogen-bond donors (Lipinski definition) is 2. The third kappa shape index (κ3) is 4.72. The standard InChI is InChI=1S/C19H21ClN4O5S/c1-13-15(20)5-4-6-16(13)22-19(25)12-21-17-8-7-14(11-18(17)24(26)27)30(28,29)23-9-2-3-10-23/h4-8,11,21H,2-3,9-10,12H2,1H3,(H,22,25). The predicted octanol–water partition coefficient (Wildman–Crippen LogP) is 3.39. The Kier molecular flexibility index (Phi) is 6.59. The van der Waals surface area contributed by atoms with Gasteiger partial charge in [-0.2, -0.15) is 4.31 Å². The molecule has 0 atom stereocenters. The van der Waals surface area contributed by atoms with Crippen LogP contribution in [-0.2, 0) is 14.8 Å². The predicted molar refractivity (Wildman–Crippen MR) is 114 cm³/mol. The van der Waals surface area contributed by atoms with Crippen LogP contribution in [0.2, 0.25) is 5.02 Å². The van der Waals surface area contributed by atoms with Crippen LogP contribution >= 0.6 is 11.6 Å². The van der Waals surface area contributed by atoms with Crippen LogP contribution in [0.3, 0.4) is 0 Å². The highest BCUT2D eigenvalue weighted by atomic mass is 35.5. The van der Waals surface area contributed by atoms with Gasteiger partial charge in [-0.15, -0.1) is 0 Å². The molecule has 0 bridgehead atoms. The fraction of sp³-hybridized carbons (Fsp3) is 0.316. The van der Waals surface area contributed by atoms with Crippen molar-refractivity contribution >= 4 is 44.6 Å². The minimum absolute atomic E-state index is 0.0540. The van der Waals surface area contributed by atoms with E-state index in [2.05, 4.69) is 10.6 Å². The van der Waals surface area contributed by atoms with Crippen molar-refractivity contribution in [3.05, 3.63) is 57.1 Å². The zero-order valence-corrected chi connectivity index (χ0v) is 17.8. The molecule has 2 N–H and O–H groups in total. The topological polar surface area (TPSA) is 122 Å². The van der Waals surface area contributed by atoms with Gasteiger partial charge in [-0.3, -0.25) is 14.9 Å². The van der Waals surface area contributed by atoms with E-state index in [0.717, 1.165) is 18.9 Å². The fourth-order valence-electron chi connectivity index (χ4n) is 3.16. The van der Waals surface area contributed by atoms with Gasteiger partial charge in [-0.25, -0.2) is 8.42 Å². The molecule has 0 saturated carbocycles. The molecule has 1 heterocycles. The molecular formula is C19H21ClN4O5S. The van der Waals surface area contributed by atoms with Crippen LogP contribution in [0.4, 0.5) is 17.1 Å². The Labute approximate surface area is 179 Å². The number of nitrogens with one attached hydrogen (secondary N) is 2. The maximum absolute atomic E-state index is 12.7. The maximum atomic E-state index is 12.7. The molecule has 9 nitrogen and oxygen atoms in total. The second-order valence-electron chi connectivity index (χ2n) is 6.86. The van der Waals surface area contributed by atoms with E-state index in [1.54, 1.807) is 25.1 Å². The van der Waals surface area contributed by atoms with E-state index in [1.807, 2.05) is 0 Å². The summed E-state index contributed by atoms with van der Waals surface area (Å²) in [6.45, 7) is 2.32. The van der Waals surface area contributed by atoms with Gasteiger partial charge < -0.3 is 10.6 Å². The van der Waals surface area contributed by atoms with Crippen molar-refractivity contribution in [2.45, 2.75) is 24.7 Å². The molecule has 1 saturated heterocycles. The molecule has 0 radical (unpaired) electrons. The molecular weight excluding hydrogens is 432 g/mol. The Morgan fingerprint density at radius 3 is 2.57 bits per heavy atom. The number of amides is 1. The number of hydrogen-bond acceptors (Lipinski definition) is 6. The SMILES string of the molecule is Cc1c(Cl)cccc1NC(=O)CNc1ccc(S(=O)(=O)N2CCCC2)cc1[N+](=O)[O-]. The first-order chi connectivity index (χ1) is 14.2. The zero-order chi connectivity index (χ0) is 21.9. The summed E-state index contributed by atoms with van der Waals surface area (Å²) >= 11 is 6.03. The Balaban J connectivity index is 1.75. The molecule has 2 aromatic rings. The highest BCUT2D eigenvalue weighted by molar-refractivity contribution is 7.89. The van der Waals surface area contributed by atoms with Gasteiger partial charge >= 0.3 is 0 Å². The third-order valence-electron chi connectivity index (χ3n) is 4.85. The molecule has 2 aromatic carbocycles. The second-order valence-corrected chi connectivity index (χ2v) is 9.21. The molecule has 1 aliphatic rings. The molecule has 1 aliphatic heterocycles. The molecule has 0 spiro atoms. The van der Waals surface area contributed by atoms with Crippen LogP contribution in [0.25, 0.3) is 0 Å². The number of nitrogens with zero attached hydrogens (tertiary/aromatic N) is 2. The van der Waals surface area contributed by atoms with E-state index < -0.39 is 26.5 Å². The Bertz CT molecular complexity index is 1080. The lowest BCUT2D eigenvalue weighted by molar-refractivity contribution is -0.384. The molecule has 0 unspecified atom stereocenters. The normalized spacial score (nSPS) is 14.5. The van der Waals surface area contributed by atoms with Gasteiger partial charge in [0, 0.05) is 29.9 Å². The van der Waals surface area contributed by atoms with Crippen molar-refractivity contribution < 1.29 is 18.1 Å². The van der Waals surface area contributed by atoms with E-state index in [1.165, 1.54) is 16.4 Å². The third-order valence-corrected chi connectivity index (χ3v) is 7.15. The number of nitro benzene ring substituents is 1. The summed E-state index contributed by atoms with van der Waals surface area (Å²) in [5, 5.41) is 17.4. The van der Waals surface area contributed by atoms with Gasteiger partial charge in [0.15, 0.2) is 0 Å². The van der Waals surface area contributed by atoms with Crippen molar-refractivity contribution in [1.29, 1.82) is 0 Å². The van der Waals surface area contributed by atoms with Gasteiger partial charge in [-0.05, 0) is 49.6 Å². The number of sulfonamides is 1. The highest BCUT2D eigenvalue weighted by Gasteiger charge is 2.29. The van der Waals surface area contributed by atoms with E-state index in [-0.39, 0.29) is 17.1 Å². The van der Waals surface area contributed by atoms with E-state index >= 15 is 0 Å². The van der Waals surface area contributed by atoms with Crippen LogP contribution in [0.5, 0.6) is 0 Å². The van der Waals surface area contributed by atoms with Crippen molar-refractivity contribution in [2.24, 2.45) is 0 Å². The quantitative estimate of drug-likeness (QED) is 0.490. The van der Waals surface area contributed by atoms with Crippen molar-refractivity contribution in [2.75, 3.05) is 30.3 Å². The van der Waals surface area contributed by atoms with Crippen LogP contribution in [-0.4, -0.2) is 43.2 Å². The highest BCUT2D eigenvalue weighted by Crippen LogP contribution is 2.30. The van der Waals surface area contributed by atoms with Crippen LogP contribution in [0, 0.1) is 17.0 Å². The van der Waals surface area contributed by atoms with E-state index in [9.17, 15) is 23.3 Å². The molecule has 160 valence electrons. The lowest BCUT2D eigenvalue weighted by Gasteiger charge is -2.16. The average Bonchev–Trinajstić information content (AvgIpc) is 3.25. The second kappa shape index (κ2) is 8.99. The maximum Gasteiger partial charge on any atom is 0.293 e. The Morgan fingerprint density at radius 1 is 1.20 bits per heavy atom. The van der Waals surface area contributed by atoms with Gasteiger partial charge in [0.25, 0.3) is 5.69 Å². The minimum Gasteiger partial charge on any atom is -0.371 e. The van der Waals surface area contributed by atoms with E-state index in [4.69, 9.17) is 11.6 Å². The summed E-state index contributed by atoms with van der Waals surface area (Å²) in [6.07, 6.45) is 1.53. The summed E-state index contributed by atoms with van der Waals surface area (Å²) < 4.78 is 26.6. The molecule has 0 aromatic heterocycles. The monoisotopic (exact) mass is 452 g/mol. The molecule has 1 fully saturated rings. The number of halogens is 1. The molecule has 30 heavy (non-hydrogen) atoms. The van der Waals surface area contributed by atoms with Gasteiger partial charge in [0.2, 0.25) is 15.9 Å². The van der Waals surface area contributed by atoms with E-state index in [0.29, 0.717) is 29.4 Å². The number of nitro groups is 1. The number of carbonyl (C=O) groups excluding carboxylic acids is 1. The number of carbonyl (C=O) groups is 1. The smallest absolute Gasteiger partial charge is 0.293 e. The first-order valence-electron chi connectivity index (χ1n) is 9.27. The lowest BCUT2D eigenvalue weighted by Crippen LogP contribution is -2.28. The zero-order valence-electron chi connectivity index (χ0n) is 16.2. The summed E-state index contributed by atoms with van der Waals surface area (Å²) in [4.78, 5) is 22.9. The summed E-state index contributed by atoms with van der Waals surface area (Å²) in [5.74, 6) is -0.427. The average molecular weight is 453 g/mol. The Morgan fingerprint density at radius 2 is 1.90 bits per heavy atom. The summed E-state index contributed by atoms with van der Waals surface area (Å²) in [7, 11) is -3.78. The number of benzene rings is 2. The van der Waals surface area contributed by atoms with Crippen molar-refractivity contribution in [3.8, 4) is 0 Å². The van der Waals surface area contributed by atoms with Gasteiger partial charge in [0.1, 0.15) is 5.69 Å². The molecule has 11 heteroatoms. The fourth-order valence-corrected chi connectivity index (χ4v) is 4.87. The Hall–Kier alpha value is -2.69. The molecule has 1 amide bonds. The van der Waals surface area contributed by atoms with Crippen LogP contribution < -0.4 is 10.6 Å². The molecule has 0 aliphatic carbocycles. The minimum atomic E-state index is -3.78. The largest absolute Gasteiger partial charge is 0.371 e. The van der Waals surface area contributed by atoms with Crippen LogP contribution in [0.15, 0.2) is 41.3 Å².